The molecule has 112 valence electrons. The first-order valence-electron chi connectivity index (χ1n) is 7.66. The molecule has 2 aromatic heterocycles. The fourth-order valence-electron chi connectivity index (χ4n) is 2.90. The quantitative estimate of drug-likeness (QED) is 0.730. The smallest absolute Gasteiger partial charge is 0.0980 e. The standard InChI is InChI=1S/C18H18N2O2/c1-3-14(16-7-10-21-13-16)11-15(4-1)18-6-8-20(19-18)12-17-5-2-9-22-17/h1,3-4,6-8,10-11,13,17H,2,5,9,12H2. The van der Waals surface area contributed by atoms with Crippen LogP contribution >= 0.6 is 0 Å². The molecule has 0 bridgehead atoms. The van der Waals surface area contributed by atoms with Gasteiger partial charge in [-0.05, 0) is 36.6 Å². The first-order chi connectivity index (χ1) is 10.9. The minimum Gasteiger partial charge on any atom is -0.472 e. The van der Waals surface area contributed by atoms with Crippen LogP contribution in [0.15, 0.2) is 59.5 Å². The molecule has 3 heterocycles. The van der Waals surface area contributed by atoms with E-state index in [9.17, 15) is 0 Å². The van der Waals surface area contributed by atoms with E-state index in [0.717, 1.165) is 48.4 Å². The van der Waals surface area contributed by atoms with Crippen LogP contribution in [-0.4, -0.2) is 22.5 Å². The van der Waals surface area contributed by atoms with Crippen molar-refractivity contribution >= 4 is 0 Å². The summed E-state index contributed by atoms with van der Waals surface area (Å²) >= 11 is 0. The minimum atomic E-state index is 0.310. The van der Waals surface area contributed by atoms with Crippen LogP contribution < -0.4 is 0 Å². The van der Waals surface area contributed by atoms with E-state index in [1.165, 1.54) is 0 Å². The van der Waals surface area contributed by atoms with Crippen LogP contribution in [0.1, 0.15) is 12.8 Å². The normalized spacial score (nSPS) is 17.9. The molecule has 3 aromatic rings. The van der Waals surface area contributed by atoms with Gasteiger partial charge in [-0.15, -0.1) is 0 Å². The van der Waals surface area contributed by atoms with Crippen LogP contribution in [-0.2, 0) is 11.3 Å². The number of benzene rings is 1. The number of hydrogen-bond acceptors (Lipinski definition) is 3. The summed E-state index contributed by atoms with van der Waals surface area (Å²) in [6.07, 6.45) is 8.08. The van der Waals surface area contributed by atoms with Crippen LogP contribution in [0.25, 0.3) is 22.4 Å². The Morgan fingerprint density at radius 2 is 2.09 bits per heavy atom. The molecule has 1 atom stereocenters. The molecule has 0 saturated carbocycles. The molecule has 1 aromatic carbocycles. The van der Waals surface area contributed by atoms with Gasteiger partial charge in [0, 0.05) is 23.9 Å². The molecule has 0 aliphatic carbocycles. The molecule has 0 spiro atoms. The molecule has 0 radical (unpaired) electrons. The molecule has 1 unspecified atom stereocenters. The van der Waals surface area contributed by atoms with Crippen molar-refractivity contribution in [2.45, 2.75) is 25.5 Å². The third-order valence-electron chi connectivity index (χ3n) is 4.07. The highest BCUT2D eigenvalue weighted by molar-refractivity contribution is 5.70. The average Bonchev–Trinajstić information content (AvgIpc) is 3.31. The third kappa shape index (κ3) is 2.70. The van der Waals surface area contributed by atoms with Crippen LogP contribution in [0.3, 0.4) is 0 Å². The highest BCUT2D eigenvalue weighted by Gasteiger charge is 2.16. The second-order valence-corrected chi connectivity index (χ2v) is 5.65. The molecule has 1 aliphatic heterocycles. The fraction of sp³-hybridized carbons (Fsp3) is 0.278. The molecular formula is C18H18N2O2. The lowest BCUT2D eigenvalue weighted by Gasteiger charge is -2.08. The SMILES string of the molecule is c1cc(-c2ccoc2)cc(-c2ccn(CC3CCCO3)n2)c1. The van der Waals surface area contributed by atoms with E-state index in [4.69, 9.17) is 9.15 Å². The number of nitrogens with zero attached hydrogens (tertiary/aromatic N) is 2. The van der Waals surface area contributed by atoms with E-state index < -0.39 is 0 Å². The van der Waals surface area contributed by atoms with E-state index in [1.807, 2.05) is 16.9 Å². The van der Waals surface area contributed by atoms with Crippen molar-refractivity contribution in [1.29, 1.82) is 0 Å². The average molecular weight is 294 g/mol. The van der Waals surface area contributed by atoms with Gasteiger partial charge < -0.3 is 9.15 Å². The summed E-state index contributed by atoms with van der Waals surface area (Å²) in [6.45, 7) is 1.72. The first-order valence-corrected chi connectivity index (χ1v) is 7.66. The molecular weight excluding hydrogens is 276 g/mol. The van der Waals surface area contributed by atoms with E-state index in [-0.39, 0.29) is 0 Å². The van der Waals surface area contributed by atoms with E-state index >= 15 is 0 Å². The largest absolute Gasteiger partial charge is 0.472 e. The highest BCUT2D eigenvalue weighted by atomic mass is 16.5. The molecule has 1 saturated heterocycles. The van der Waals surface area contributed by atoms with Gasteiger partial charge in [-0.2, -0.15) is 5.10 Å². The predicted molar refractivity (Wildman–Crippen MR) is 84.3 cm³/mol. The summed E-state index contributed by atoms with van der Waals surface area (Å²) in [6, 6.07) is 12.4. The van der Waals surface area contributed by atoms with E-state index in [2.05, 4.69) is 35.4 Å². The molecule has 22 heavy (non-hydrogen) atoms. The second-order valence-electron chi connectivity index (χ2n) is 5.65. The van der Waals surface area contributed by atoms with Crippen molar-refractivity contribution in [3.63, 3.8) is 0 Å². The van der Waals surface area contributed by atoms with Crippen molar-refractivity contribution in [2.24, 2.45) is 0 Å². The number of rotatable bonds is 4. The van der Waals surface area contributed by atoms with Gasteiger partial charge in [0.05, 0.1) is 30.9 Å². The van der Waals surface area contributed by atoms with Gasteiger partial charge >= 0.3 is 0 Å². The maximum atomic E-state index is 5.67. The third-order valence-corrected chi connectivity index (χ3v) is 4.07. The number of aromatic nitrogens is 2. The fourth-order valence-corrected chi connectivity index (χ4v) is 2.90. The zero-order valence-corrected chi connectivity index (χ0v) is 12.3. The summed E-state index contributed by atoms with van der Waals surface area (Å²) in [5, 5.41) is 4.68. The molecule has 4 nitrogen and oxygen atoms in total. The van der Waals surface area contributed by atoms with Gasteiger partial charge in [-0.3, -0.25) is 4.68 Å². The lowest BCUT2D eigenvalue weighted by atomic mass is 10.0. The predicted octanol–water partition coefficient (Wildman–Crippen LogP) is 3.99. The molecule has 1 fully saturated rings. The number of hydrogen-bond donors (Lipinski definition) is 0. The van der Waals surface area contributed by atoms with E-state index in [0.29, 0.717) is 6.10 Å². The summed E-state index contributed by atoms with van der Waals surface area (Å²) < 4.78 is 12.8. The lowest BCUT2D eigenvalue weighted by Crippen LogP contribution is -2.15. The second kappa shape index (κ2) is 5.81. The molecule has 1 aliphatic rings. The van der Waals surface area contributed by atoms with Gasteiger partial charge in [0.15, 0.2) is 0 Å². The number of furan rings is 1. The Morgan fingerprint density at radius 3 is 2.91 bits per heavy atom. The maximum Gasteiger partial charge on any atom is 0.0980 e. The van der Waals surface area contributed by atoms with Gasteiger partial charge in [-0.25, -0.2) is 0 Å². The van der Waals surface area contributed by atoms with Gasteiger partial charge in [-0.1, -0.05) is 18.2 Å². The zero-order chi connectivity index (χ0) is 14.8. The zero-order valence-electron chi connectivity index (χ0n) is 12.3. The van der Waals surface area contributed by atoms with Crippen molar-refractivity contribution in [3.05, 3.63) is 55.1 Å². The first kappa shape index (κ1) is 13.3. The van der Waals surface area contributed by atoms with Gasteiger partial charge in [0.1, 0.15) is 0 Å². The van der Waals surface area contributed by atoms with Crippen molar-refractivity contribution in [3.8, 4) is 22.4 Å². The van der Waals surface area contributed by atoms with Crippen molar-refractivity contribution < 1.29 is 9.15 Å². The van der Waals surface area contributed by atoms with Gasteiger partial charge in [0.25, 0.3) is 0 Å². The minimum absolute atomic E-state index is 0.310. The molecule has 0 N–H and O–H groups in total. The topological polar surface area (TPSA) is 40.2 Å². The molecule has 4 rings (SSSR count). The summed E-state index contributed by atoms with van der Waals surface area (Å²) in [4.78, 5) is 0. The lowest BCUT2D eigenvalue weighted by molar-refractivity contribution is 0.0940. The Hall–Kier alpha value is -2.33. The van der Waals surface area contributed by atoms with Crippen molar-refractivity contribution in [2.75, 3.05) is 6.61 Å². The van der Waals surface area contributed by atoms with E-state index in [1.54, 1.807) is 12.5 Å². The Morgan fingerprint density at radius 1 is 1.14 bits per heavy atom. The van der Waals surface area contributed by atoms with Crippen LogP contribution in [0.4, 0.5) is 0 Å². The van der Waals surface area contributed by atoms with Gasteiger partial charge in [0.2, 0.25) is 0 Å². The Labute approximate surface area is 129 Å². The summed E-state index contributed by atoms with van der Waals surface area (Å²) in [7, 11) is 0. The monoisotopic (exact) mass is 294 g/mol. The highest BCUT2D eigenvalue weighted by Crippen LogP contribution is 2.26. The van der Waals surface area contributed by atoms with Crippen LogP contribution in [0.5, 0.6) is 0 Å². The number of ether oxygens (including phenoxy) is 1. The summed E-state index contributed by atoms with van der Waals surface area (Å²) in [5.41, 5.74) is 4.33. The Kier molecular flexibility index (Phi) is 3.52. The molecule has 4 heteroatoms. The summed E-state index contributed by atoms with van der Waals surface area (Å²) in [5.74, 6) is 0. The Bertz CT molecular complexity index is 740. The van der Waals surface area contributed by atoms with Crippen LogP contribution in [0, 0.1) is 0 Å². The van der Waals surface area contributed by atoms with Crippen molar-refractivity contribution in [1.82, 2.24) is 9.78 Å². The molecule has 0 amide bonds. The maximum absolute atomic E-state index is 5.67. The van der Waals surface area contributed by atoms with Crippen LogP contribution in [0.2, 0.25) is 0 Å². The Balaban J connectivity index is 1.57.